The number of hydrogen-bond acceptors (Lipinski definition) is 9. The predicted molar refractivity (Wildman–Crippen MR) is 111 cm³/mol. The fourth-order valence-electron chi connectivity index (χ4n) is 4.88. The highest BCUT2D eigenvalue weighted by Gasteiger charge is 2.52. The molecule has 3 aliphatic rings. The molecule has 4 heterocycles. The highest BCUT2D eigenvalue weighted by atomic mass is 16.5. The highest BCUT2D eigenvalue weighted by Crippen LogP contribution is 2.48. The van der Waals surface area contributed by atoms with Crippen LogP contribution in [-0.4, -0.2) is 65.6 Å². The van der Waals surface area contributed by atoms with Gasteiger partial charge in [-0.05, 0) is 56.4 Å². The van der Waals surface area contributed by atoms with Crippen LogP contribution in [0.1, 0.15) is 51.6 Å². The Morgan fingerprint density at radius 2 is 1.94 bits per heavy atom. The van der Waals surface area contributed by atoms with Crippen LogP contribution in [0.25, 0.3) is 5.82 Å². The van der Waals surface area contributed by atoms with Crippen LogP contribution < -0.4 is 5.32 Å². The Kier molecular flexibility index (Phi) is 5.00. The van der Waals surface area contributed by atoms with Gasteiger partial charge in [0.25, 0.3) is 0 Å². The molecular formula is C21H26N8O3. The molecule has 1 aliphatic carbocycles. The van der Waals surface area contributed by atoms with Gasteiger partial charge in [-0.2, -0.15) is 4.68 Å². The van der Waals surface area contributed by atoms with Crippen molar-refractivity contribution >= 4 is 11.9 Å². The molecule has 2 fully saturated rings. The minimum Gasteiger partial charge on any atom is -0.456 e. The van der Waals surface area contributed by atoms with Gasteiger partial charge in [-0.15, -0.1) is 5.10 Å². The van der Waals surface area contributed by atoms with E-state index in [1.807, 2.05) is 0 Å². The zero-order chi connectivity index (χ0) is 22.3. The highest BCUT2D eigenvalue weighted by molar-refractivity contribution is 5.94. The average molecular weight is 438 g/mol. The molecule has 0 aromatic carbocycles. The summed E-state index contributed by atoms with van der Waals surface area (Å²) in [7, 11) is 0. The summed E-state index contributed by atoms with van der Waals surface area (Å²) in [5, 5.41) is 14.6. The molecule has 5 rings (SSSR count). The van der Waals surface area contributed by atoms with Crippen LogP contribution in [-0.2, 0) is 20.9 Å². The fourth-order valence-corrected chi connectivity index (χ4v) is 4.88. The Bertz CT molecular complexity index is 1060. The summed E-state index contributed by atoms with van der Waals surface area (Å²) in [6, 6.07) is 0. The van der Waals surface area contributed by atoms with E-state index in [0.717, 1.165) is 43.5 Å². The first-order valence-electron chi connectivity index (χ1n) is 10.9. The monoisotopic (exact) mass is 438 g/mol. The lowest BCUT2D eigenvalue weighted by Gasteiger charge is -2.42. The molecule has 1 amide bonds. The number of carbonyl (C=O) groups is 2. The minimum absolute atomic E-state index is 0.0727. The summed E-state index contributed by atoms with van der Waals surface area (Å²) < 4.78 is 6.57. The van der Waals surface area contributed by atoms with Crippen LogP contribution in [0.15, 0.2) is 30.0 Å². The van der Waals surface area contributed by atoms with Gasteiger partial charge in [-0.25, -0.2) is 9.78 Å². The standard InChI is InChI=1S/C21H26N8O3/c1-14-16(12-32-18(14)30)28-8-7-21(19(28)31)5-3-20(2,4-6-21)24-10-15-9-23-17(11-22-15)29-13-25-26-27-29/h9,11,13,24H,3-8,10,12H2,1-2H3. The topological polar surface area (TPSA) is 128 Å². The number of amides is 1. The van der Waals surface area contributed by atoms with E-state index in [-0.39, 0.29) is 29.4 Å². The number of cyclic esters (lactones) is 1. The van der Waals surface area contributed by atoms with Crippen molar-refractivity contribution in [2.45, 2.75) is 58.0 Å². The molecule has 32 heavy (non-hydrogen) atoms. The zero-order valence-electron chi connectivity index (χ0n) is 18.2. The van der Waals surface area contributed by atoms with Crippen LogP contribution in [0.3, 0.4) is 0 Å². The maximum absolute atomic E-state index is 13.3. The smallest absolute Gasteiger partial charge is 0.336 e. The normalized spacial score (nSPS) is 28.1. The number of carbonyl (C=O) groups excluding carboxylic acids is 2. The van der Waals surface area contributed by atoms with Gasteiger partial charge in [0.15, 0.2) is 5.82 Å². The number of esters is 1. The fraction of sp³-hybridized carbons (Fsp3) is 0.571. The largest absolute Gasteiger partial charge is 0.456 e. The van der Waals surface area contributed by atoms with E-state index in [1.54, 1.807) is 24.2 Å². The van der Waals surface area contributed by atoms with E-state index in [2.05, 4.69) is 37.7 Å². The summed E-state index contributed by atoms with van der Waals surface area (Å²) in [6.45, 7) is 5.41. The van der Waals surface area contributed by atoms with Crippen LogP contribution in [0.5, 0.6) is 0 Å². The van der Waals surface area contributed by atoms with E-state index >= 15 is 0 Å². The van der Waals surface area contributed by atoms with Crippen molar-refractivity contribution in [1.82, 2.24) is 40.4 Å². The number of ether oxygens (including phenoxy) is 1. The van der Waals surface area contributed by atoms with Crippen molar-refractivity contribution in [2.75, 3.05) is 13.2 Å². The van der Waals surface area contributed by atoms with Crippen LogP contribution in [0, 0.1) is 5.41 Å². The lowest BCUT2D eigenvalue weighted by Crippen LogP contribution is -2.49. The zero-order valence-corrected chi connectivity index (χ0v) is 18.2. The number of tetrazole rings is 1. The number of nitrogens with zero attached hydrogens (tertiary/aromatic N) is 7. The molecule has 11 heteroatoms. The second-order valence-electron chi connectivity index (χ2n) is 9.17. The maximum Gasteiger partial charge on any atom is 0.336 e. The number of hydrogen-bond donors (Lipinski definition) is 1. The molecule has 2 aromatic rings. The number of aromatic nitrogens is 6. The molecule has 1 N–H and O–H groups in total. The van der Waals surface area contributed by atoms with Crippen LogP contribution in [0.4, 0.5) is 0 Å². The van der Waals surface area contributed by atoms with Crippen LogP contribution in [0.2, 0.25) is 0 Å². The molecule has 1 spiro atoms. The summed E-state index contributed by atoms with van der Waals surface area (Å²) in [5.74, 6) is 0.396. The van der Waals surface area contributed by atoms with Gasteiger partial charge in [0.1, 0.15) is 12.9 Å². The van der Waals surface area contributed by atoms with Gasteiger partial charge in [0, 0.05) is 18.6 Å². The van der Waals surface area contributed by atoms with Crippen molar-refractivity contribution in [3.8, 4) is 5.82 Å². The number of nitrogens with one attached hydrogen (secondary N) is 1. The van der Waals surface area contributed by atoms with Crippen LogP contribution >= 0.6 is 0 Å². The molecule has 2 aliphatic heterocycles. The molecule has 1 saturated carbocycles. The first-order chi connectivity index (χ1) is 15.4. The Hall–Kier alpha value is -3.21. The van der Waals surface area contributed by atoms with Gasteiger partial charge in [0.2, 0.25) is 5.91 Å². The quantitative estimate of drug-likeness (QED) is 0.678. The first-order valence-corrected chi connectivity index (χ1v) is 10.9. The summed E-state index contributed by atoms with van der Waals surface area (Å²) >= 11 is 0. The third kappa shape index (κ3) is 3.56. The van der Waals surface area contributed by atoms with Gasteiger partial charge in [0.05, 0.1) is 34.8 Å². The van der Waals surface area contributed by atoms with Gasteiger partial charge in [-0.1, -0.05) is 0 Å². The van der Waals surface area contributed by atoms with E-state index in [4.69, 9.17) is 4.74 Å². The third-order valence-corrected chi connectivity index (χ3v) is 7.20. The first kappa shape index (κ1) is 20.7. The molecule has 0 radical (unpaired) electrons. The maximum atomic E-state index is 13.3. The van der Waals surface area contributed by atoms with Gasteiger partial charge in [-0.3, -0.25) is 9.78 Å². The number of likely N-dealkylation sites (tertiary alicyclic amines) is 1. The summed E-state index contributed by atoms with van der Waals surface area (Å²) in [5.41, 5.74) is 1.74. The molecule has 2 aromatic heterocycles. The summed E-state index contributed by atoms with van der Waals surface area (Å²) in [4.78, 5) is 35.6. The SMILES string of the molecule is CC1=C(N2CCC3(CCC(C)(NCc4cnc(-n5cnnn5)cn4)CC3)C2=O)COC1=O. The summed E-state index contributed by atoms with van der Waals surface area (Å²) in [6.07, 6.45) is 9.13. The minimum atomic E-state index is -0.326. The third-order valence-electron chi connectivity index (χ3n) is 7.20. The Morgan fingerprint density at radius 1 is 1.12 bits per heavy atom. The van der Waals surface area contributed by atoms with Gasteiger partial charge < -0.3 is 15.0 Å². The predicted octanol–water partition coefficient (Wildman–Crippen LogP) is 0.924. The Morgan fingerprint density at radius 3 is 2.56 bits per heavy atom. The van der Waals surface area contributed by atoms with E-state index in [9.17, 15) is 9.59 Å². The molecular weight excluding hydrogens is 412 g/mol. The van der Waals surface area contributed by atoms with Gasteiger partial charge >= 0.3 is 5.97 Å². The molecule has 11 nitrogen and oxygen atoms in total. The lowest BCUT2D eigenvalue weighted by atomic mass is 9.67. The van der Waals surface area contributed by atoms with E-state index < -0.39 is 0 Å². The molecule has 0 unspecified atom stereocenters. The molecule has 1 saturated heterocycles. The van der Waals surface area contributed by atoms with E-state index in [1.165, 1.54) is 11.0 Å². The lowest BCUT2D eigenvalue weighted by molar-refractivity contribution is -0.138. The van der Waals surface area contributed by atoms with Crippen molar-refractivity contribution in [1.29, 1.82) is 0 Å². The van der Waals surface area contributed by atoms with Crippen molar-refractivity contribution in [2.24, 2.45) is 5.41 Å². The average Bonchev–Trinajstić information content (AvgIpc) is 3.52. The molecule has 0 bridgehead atoms. The number of rotatable bonds is 5. The molecule has 168 valence electrons. The van der Waals surface area contributed by atoms with E-state index in [0.29, 0.717) is 24.5 Å². The Balaban J connectivity index is 1.19. The van der Waals surface area contributed by atoms with Crippen molar-refractivity contribution in [3.63, 3.8) is 0 Å². The van der Waals surface area contributed by atoms with Crippen molar-refractivity contribution in [3.05, 3.63) is 35.7 Å². The molecule has 0 atom stereocenters. The Labute approximate surface area is 185 Å². The second-order valence-corrected chi connectivity index (χ2v) is 9.17. The van der Waals surface area contributed by atoms with Crippen molar-refractivity contribution < 1.29 is 14.3 Å². The second kappa shape index (κ2) is 7.73.